The third kappa shape index (κ3) is 5.47. The number of benzene rings is 1. The number of amides is 1. The minimum absolute atomic E-state index is 0.133. The fraction of sp³-hybridized carbons (Fsp3) is 0.533. The molecule has 0 atom stereocenters. The van der Waals surface area contributed by atoms with Gasteiger partial charge in [-0.3, -0.25) is 4.79 Å². The lowest BCUT2D eigenvalue weighted by molar-refractivity contribution is -0.115. The first-order valence-electron chi connectivity index (χ1n) is 7.34. The highest BCUT2D eigenvalue weighted by atomic mass is 35.5. The van der Waals surface area contributed by atoms with Crippen molar-refractivity contribution < 1.29 is 4.79 Å². The lowest BCUT2D eigenvalue weighted by atomic mass is 10.3. The molecule has 2 rings (SSSR count). The Hall–Kier alpha value is -0.810. The quantitative estimate of drug-likeness (QED) is 0.756. The number of likely N-dealkylation sites (tertiary alicyclic amines) is 1. The first kappa shape index (κ1) is 16.6. The minimum Gasteiger partial charge on any atom is -0.322 e. The van der Waals surface area contributed by atoms with Crippen LogP contribution in [0.1, 0.15) is 19.3 Å². The van der Waals surface area contributed by atoms with Crippen LogP contribution in [0, 0.1) is 0 Å². The van der Waals surface area contributed by atoms with Crippen molar-refractivity contribution in [2.75, 3.05) is 38.0 Å². The standard InChI is InChI=1S/C15H21Cl2N3O/c16-12-5-3-6-13(17)15(12)19-14(21)11-18-7-4-10-20-8-1-2-9-20/h3,5-6,18H,1-2,4,7-11H2,(H,19,21). The van der Waals surface area contributed by atoms with E-state index in [2.05, 4.69) is 15.5 Å². The Morgan fingerprint density at radius 2 is 1.86 bits per heavy atom. The molecule has 1 amide bonds. The zero-order valence-corrected chi connectivity index (χ0v) is 13.5. The van der Waals surface area contributed by atoms with Crippen molar-refractivity contribution in [1.82, 2.24) is 10.2 Å². The Morgan fingerprint density at radius 3 is 2.52 bits per heavy atom. The number of carbonyl (C=O) groups excluding carboxylic acids is 1. The molecule has 1 saturated heterocycles. The van der Waals surface area contributed by atoms with Gasteiger partial charge < -0.3 is 15.5 Å². The molecule has 0 aliphatic carbocycles. The molecule has 1 aliphatic rings. The van der Waals surface area contributed by atoms with Gasteiger partial charge >= 0.3 is 0 Å². The summed E-state index contributed by atoms with van der Waals surface area (Å²) in [6.07, 6.45) is 3.68. The molecule has 0 radical (unpaired) electrons. The van der Waals surface area contributed by atoms with E-state index in [0.717, 1.165) is 19.5 Å². The maximum Gasteiger partial charge on any atom is 0.238 e. The molecule has 1 fully saturated rings. The van der Waals surface area contributed by atoms with Gasteiger partial charge in [0, 0.05) is 0 Å². The zero-order valence-electron chi connectivity index (χ0n) is 12.0. The summed E-state index contributed by atoms with van der Waals surface area (Å²) in [5.41, 5.74) is 0.477. The van der Waals surface area contributed by atoms with Crippen molar-refractivity contribution >= 4 is 34.8 Å². The summed E-state index contributed by atoms with van der Waals surface area (Å²) >= 11 is 12.0. The Morgan fingerprint density at radius 1 is 1.19 bits per heavy atom. The van der Waals surface area contributed by atoms with E-state index >= 15 is 0 Å². The summed E-state index contributed by atoms with van der Waals surface area (Å²) in [4.78, 5) is 14.3. The van der Waals surface area contributed by atoms with Crippen LogP contribution in [-0.2, 0) is 4.79 Å². The van der Waals surface area contributed by atoms with E-state index in [4.69, 9.17) is 23.2 Å². The molecule has 1 aliphatic heterocycles. The average molecular weight is 330 g/mol. The summed E-state index contributed by atoms with van der Waals surface area (Å²) < 4.78 is 0. The number of carbonyl (C=O) groups is 1. The molecule has 0 saturated carbocycles. The molecule has 21 heavy (non-hydrogen) atoms. The fourth-order valence-electron chi connectivity index (χ4n) is 2.44. The molecule has 6 heteroatoms. The van der Waals surface area contributed by atoms with Crippen molar-refractivity contribution in [3.05, 3.63) is 28.2 Å². The van der Waals surface area contributed by atoms with Crippen molar-refractivity contribution in [3.63, 3.8) is 0 Å². The summed E-state index contributed by atoms with van der Waals surface area (Å²) in [5, 5.41) is 6.78. The Balaban J connectivity index is 1.63. The topological polar surface area (TPSA) is 44.4 Å². The first-order valence-corrected chi connectivity index (χ1v) is 8.09. The molecule has 1 heterocycles. The maximum atomic E-state index is 11.8. The summed E-state index contributed by atoms with van der Waals surface area (Å²) in [6, 6.07) is 5.15. The molecule has 0 spiro atoms. The molecule has 1 aromatic carbocycles. The number of hydrogen-bond acceptors (Lipinski definition) is 3. The maximum absolute atomic E-state index is 11.8. The van der Waals surface area contributed by atoms with Crippen LogP contribution in [0.3, 0.4) is 0 Å². The van der Waals surface area contributed by atoms with Crippen LogP contribution >= 0.6 is 23.2 Å². The summed E-state index contributed by atoms with van der Waals surface area (Å²) in [5.74, 6) is -0.133. The predicted octanol–water partition coefficient (Wildman–Crippen LogP) is 3.01. The SMILES string of the molecule is O=C(CNCCCN1CCCC1)Nc1c(Cl)cccc1Cl. The molecule has 4 nitrogen and oxygen atoms in total. The van der Waals surface area contributed by atoms with Gasteiger partial charge in [0.25, 0.3) is 0 Å². The molecule has 0 bridgehead atoms. The predicted molar refractivity (Wildman–Crippen MR) is 88.3 cm³/mol. The number of para-hydroxylation sites is 1. The average Bonchev–Trinajstić information content (AvgIpc) is 2.96. The lowest BCUT2D eigenvalue weighted by Crippen LogP contribution is -2.31. The highest BCUT2D eigenvalue weighted by Gasteiger charge is 2.11. The third-order valence-electron chi connectivity index (χ3n) is 3.54. The largest absolute Gasteiger partial charge is 0.322 e. The van der Waals surface area contributed by atoms with Gasteiger partial charge in [0.2, 0.25) is 5.91 Å². The number of hydrogen-bond donors (Lipinski definition) is 2. The van der Waals surface area contributed by atoms with Gasteiger partial charge in [0.15, 0.2) is 0 Å². The van der Waals surface area contributed by atoms with E-state index in [0.29, 0.717) is 15.7 Å². The Bertz CT molecular complexity index is 456. The molecular weight excluding hydrogens is 309 g/mol. The van der Waals surface area contributed by atoms with Gasteiger partial charge in [-0.05, 0) is 57.6 Å². The van der Waals surface area contributed by atoms with Crippen LogP contribution in [-0.4, -0.2) is 43.5 Å². The van der Waals surface area contributed by atoms with E-state index in [1.54, 1.807) is 18.2 Å². The van der Waals surface area contributed by atoms with Crippen LogP contribution in [0.4, 0.5) is 5.69 Å². The van der Waals surface area contributed by atoms with Crippen molar-refractivity contribution in [3.8, 4) is 0 Å². The second-order valence-corrected chi connectivity index (χ2v) is 6.04. The third-order valence-corrected chi connectivity index (χ3v) is 4.17. The number of nitrogens with zero attached hydrogens (tertiary/aromatic N) is 1. The summed E-state index contributed by atoms with van der Waals surface area (Å²) in [6.45, 7) is 4.63. The van der Waals surface area contributed by atoms with Crippen LogP contribution in [0.15, 0.2) is 18.2 Å². The van der Waals surface area contributed by atoms with Gasteiger partial charge in [0.1, 0.15) is 0 Å². The number of halogens is 2. The number of anilines is 1. The van der Waals surface area contributed by atoms with Crippen LogP contribution in [0.2, 0.25) is 10.0 Å². The first-order chi connectivity index (χ1) is 10.2. The highest BCUT2D eigenvalue weighted by Crippen LogP contribution is 2.29. The zero-order chi connectivity index (χ0) is 15.1. The van der Waals surface area contributed by atoms with Gasteiger partial charge in [-0.25, -0.2) is 0 Å². The number of rotatable bonds is 7. The van der Waals surface area contributed by atoms with Crippen molar-refractivity contribution in [1.29, 1.82) is 0 Å². The normalized spacial score (nSPS) is 15.3. The van der Waals surface area contributed by atoms with Gasteiger partial charge in [-0.15, -0.1) is 0 Å². The highest BCUT2D eigenvalue weighted by molar-refractivity contribution is 6.39. The van der Waals surface area contributed by atoms with E-state index in [1.165, 1.54) is 25.9 Å². The second kappa shape index (κ2) is 8.59. The van der Waals surface area contributed by atoms with Crippen LogP contribution < -0.4 is 10.6 Å². The smallest absolute Gasteiger partial charge is 0.238 e. The van der Waals surface area contributed by atoms with Crippen LogP contribution in [0.5, 0.6) is 0 Å². The Labute approximate surface area is 135 Å². The second-order valence-electron chi connectivity index (χ2n) is 5.22. The molecule has 116 valence electrons. The fourth-order valence-corrected chi connectivity index (χ4v) is 2.93. The van der Waals surface area contributed by atoms with E-state index in [-0.39, 0.29) is 12.5 Å². The Kier molecular flexibility index (Phi) is 6.77. The lowest BCUT2D eigenvalue weighted by Gasteiger charge is -2.14. The van der Waals surface area contributed by atoms with Gasteiger partial charge in [-0.2, -0.15) is 0 Å². The van der Waals surface area contributed by atoms with Gasteiger partial charge in [-0.1, -0.05) is 29.3 Å². The van der Waals surface area contributed by atoms with Gasteiger partial charge in [0.05, 0.1) is 22.3 Å². The van der Waals surface area contributed by atoms with E-state index in [9.17, 15) is 4.79 Å². The van der Waals surface area contributed by atoms with Crippen LogP contribution in [0.25, 0.3) is 0 Å². The number of nitrogens with one attached hydrogen (secondary N) is 2. The van der Waals surface area contributed by atoms with E-state index in [1.807, 2.05) is 0 Å². The van der Waals surface area contributed by atoms with E-state index < -0.39 is 0 Å². The van der Waals surface area contributed by atoms with Crippen molar-refractivity contribution in [2.45, 2.75) is 19.3 Å². The minimum atomic E-state index is -0.133. The van der Waals surface area contributed by atoms with Crippen molar-refractivity contribution in [2.24, 2.45) is 0 Å². The molecule has 0 unspecified atom stereocenters. The molecule has 1 aromatic rings. The summed E-state index contributed by atoms with van der Waals surface area (Å²) in [7, 11) is 0. The monoisotopic (exact) mass is 329 g/mol. The molecule has 0 aromatic heterocycles. The molecular formula is C15H21Cl2N3O. The molecule has 2 N–H and O–H groups in total.